The van der Waals surface area contributed by atoms with Gasteiger partial charge in [0.05, 0.1) is 17.8 Å². The molecule has 2 rings (SSSR count). The molecule has 0 aromatic carbocycles. The Bertz CT molecular complexity index is 457. The molecule has 2 heterocycles. The predicted molar refractivity (Wildman–Crippen MR) is 60.7 cm³/mol. The highest BCUT2D eigenvalue weighted by Gasteiger charge is 2.46. The highest BCUT2D eigenvalue weighted by Crippen LogP contribution is 2.32. The molecule has 2 N–H and O–H groups in total. The van der Waals surface area contributed by atoms with E-state index in [9.17, 15) is 19.2 Å². The van der Waals surface area contributed by atoms with Crippen LogP contribution in [0.4, 0.5) is 0 Å². The first kappa shape index (κ1) is 12.5. The van der Waals surface area contributed by atoms with E-state index in [2.05, 4.69) is 17.2 Å². The first-order valence-corrected chi connectivity index (χ1v) is 5.77. The highest BCUT2D eigenvalue weighted by molar-refractivity contribution is 6.07. The molecule has 4 atom stereocenters. The molecule has 4 unspecified atom stereocenters. The van der Waals surface area contributed by atoms with Crippen LogP contribution < -0.4 is 10.6 Å². The minimum absolute atomic E-state index is 0.188. The number of carbonyl (C=O) groups excluding carboxylic acids is 4. The van der Waals surface area contributed by atoms with Crippen LogP contribution in [-0.2, 0) is 19.2 Å². The number of imide groups is 2. The molecule has 2 aliphatic heterocycles. The molecule has 0 aliphatic carbocycles. The second-order valence-electron chi connectivity index (χ2n) is 4.71. The van der Waals surface area contributed by atoms with Gasteiger partial charge in [0.1, 0.15) is 0 Å². The van der Waals surface area contributed by atoms with Crippen LogP contribution in [0.2, 0.25) is 0 Å². The van der Waals surface area contributed by atoms with E-state index in [1.807, 2.05) is 0 Å². The fraction of sp³-hybridized carbons (Fsp3) is 0.500. The number of carbonyl (C=O) groups is 4. The van der Waals surface area contributed by atoms with Crippen LogP contribution in [0.15, 0.2) is 12.7 Å². The van der Waals surface area contributed by atoms with Crippen molar-refractivity contribution < 1.29 is 19.2 Å². The normalized spacial score (nSPS) is 35.6. The van der Waals surface area contributed by atoms with Gasteiger partial charge in [-0.05, 0) is 6.42 Å². The Morgan fingerprint density at radius 2 is 1.56 bits per heavy atom. The quantitative estimate of drug-likeness (QED) is 0.514. The Labute approximate surface area is 104 Å². The van der Waals surface area contributed by atoms with Crippen molar-refractivity contribution in [3.63, 3.8) is 0 Å². The van der Waals surface area contributed by atoms with Gasteiger partial charge in [0.2, 0.25) is 23.6 Å². The van der Waals surface area contributed by atoms with Crippen molar-refractivity contribution in [2.24, 2.45) is 23.7 Å². The molecule has 18 heavy (non-hydrogen) atoms. The first-order chi connectivity index (χ1) is 8.45. The van der Waals surface area contributed by atoms with Gasteiger partial charge >= 0.3 is 0 Å². The average molecular weight is 250 g/mol. The Balaban J connectivity index is 2.16. The first-order valence-electron chi connectivity index (χ1n) is 5.77. The minimum atomic E-state index is -0.617. The van der Waals surface area contributed by atoms with Crippen LogP contribution in [-0.4, -0.2) is 23.6 Å². The van der Waals surface area contributed by atoms with E-state index >= 15 is 0 Å². The van der Waals surface area contributed by atoms with Gasteiger partial charge in [-0.3, -0.25) is 29.8 Å². The van der Waals surface area contributed by atoms with Gasteiger partial charge in [-0.1, -0.05) is 13.0 Å². The molecule has 0 spiro atoms. The maximum Gasteiger partial charge on any atom is 0.234 e. The molecule has 4 amide bonds. The van der Waals surface area contributed by atoms with Crippen LogP contribution in [0.1, 0.15) is 13.3 Å². The number of amides is 4. The van der Waals surface area contributed by atoms with Crippen molar-refractivity contribution in [3.05, 3.63) is 12.7 Å². The fourth-order valence-electron chi connectivity index (χ4n) is 2.49. The Morgan fingerprint density at radius 1 is 1.00 bits per heavy atom. The molecule has 0 aromatic heterocycles. The second kappa shape index (κ2) is 4.36. The van der Waals surface area contributed by atoms with E-state index in [1.54, 1.807) is 6.92 Å². The molecule has 0 radical (unpaired) electrons. The molecule has 0 saturated carbocycles. The van der Waals surface area contributed by atoms with Crippen LogP contribution in [0.25, 0.3) is 0 Å². The van der Waals surface area contributed by atoms with Gasteiger partial charge < -0.3 is 0 Å². The number of hydrogen-bond acceptors (Lipinski definition) is 4. The minimum Gasteiger partial charge on any atom is -0.296 e. The molecule has 2 aliphatic rings. The standard InChI is InChI=1S/C12H14N2O4/c1-3-6-8(12(18)14-10(6)16)4-7-5(2)9(15)13-11(7)17/h3,5-8H,1,4H2,2H3,(H,13,15,17)(H,14,16,18). The molecule has 6 heteroatoms. The van der Waals surface area contributed by atoms with Crippen LogP contribution in [0.3, 0.4) is 0 Å². The summed E-state index contributed by atoms with van der Waals surface area (Å²) in [5, 5.41) is 4.45. The lowest BCUT2D eigenvalue weighted by Crippen LogP contribution is -2.27. The van der Waals surface area contributed by atoms with Crippen LogP contribution in [0.5, 0.6) is 0 Å². The van der Waals surface area contributed by atoms with Crippen molar-refractivity contribution in [3.8, 4) is 0 Å². The van der Waals surface area contributed by atoms with Gasteiger partial charge in [-0.25, -0.2) is 0 Å². The smallest absolute Gasteiger partial charge is 0.234 e. The lowest BCUT2D eigenvalue weighted by Gasteiger charge is -2.16. The van der Waals surface area contributed by atoms with Crippen molar-refractivity contribution in [2.75, 3.05) is 0 Å². The van der Waals surface area contributed by atoms with Crippen LogP contribution >= 0.6 is 0 Å². The Morgan fingerprint density at radius 3 is 2.06 bits per heavy atom. The summed E-state index contributed by atoms with van der Waals surface area (Å²) >= 11 is 0. The fourth-order valence-corrected chi connectivity index (χ4v) is 2.49. The Kier molecular flexibility index (Phi) is 3.02. The van der Waals surface area contributed by atoms with Gasteiger partial charge in [0.15, 0.2) is 0 Å². The van der Waals surface area contributed by atoms with E-state index < -0.39 is 35.5 Å². The van der Waals surface area contributed by atoms with E-state index in [-0.39, 0.29) is 18.2 Å². The molecule has 0 aromatic rings. The monoisotopic (exact) mass is 250 g/mol. The summed E-state index contributed by atoms with van der Waals surface area (Å²) in [6, 6.07) is 0. The topological polar surface area (TPSA) is 92.3 Å². The summed E-state index contributed by atoms with van der Waals surface area (Å²) in [5.41, 5.74) is 0. The maximum atomic E-state index is 11.6. The average Bonchev–Trinajstić information content (AvgIpc) is 2.70. The van der Waals surface area contributed by atoms with Gasteiger partial charge in [-0.15, -0.1) is 6.58 Å². The summed E-state index contributed by atoms with van der Waals surface area (Å²) in [4.78, 5) is 46.0. The summed E-state index contributed by atoms with van der Waals surface area (Å²) in [6.45, 7) is 5.17. The lowest BCUT2D eigenvalue weighted by atomic mass is 9.82. The van der Waals surface area contributed by atoms with E-state index in [1.165, 1.54) is 6.08 Å². The third-order valence-corrected chi connectivity index (χ3v) is 3.68. The summed E-state index contributed by atoms with van der Waals surface area (Å²) in [7, 11) is 0. The number of rotatable bonds is 3. The van der Waals surface area contributed by atoms with Crippen LogP contribution in [0, 0.1) is 23.7 Å². The van der Waals surface area contributed by atoms with E-state index in [0.717, 1.165) is 0 Å². The second-order valence-corrected chi connectivity index (χ2v) is 4.71. The third kappa shape index (κ3) is 1.83. The highest BCUT2D eigenvalue weighted by atomic mass is 16.2. The Hall–Kier alpha value is -1.98. The maximum absolute atomic E-state index is 11.6. The molecular weight excluding hydrogens is 236 g/mol. The third-order valence-electron chi connectivity index (χ3n) is 3.68. The largest absolute Gasteiger partial charge is 0.296 e. The lowest BCUT2D eigenvalue weighted by molar-refractivity contribution is -0.127. The van der Waals surface area contributed by atoms with Crippen molar-refractivity contribution in [1.29, 1.82) is 0 Å². The molecule has 2 saturated heterocycles. The SMILES string of the molecule is C=CC1C(=O)NC(=O)C1CC1C(=O)NC(=O)C1C. The molecule has 96 valence electrons. The number of hydrogen-bond donors (Lipinski definition) is 2. The molecule has 2 fully saturated rings. The predicted octanol–water partition coefficient (Wildman–Crippen LogP) is -0.640. The van der Waals surface area contributed by atoms with E-state index in [4.69, 9.17) is 0 Å². The molecule has 6 nitrogen and oxygen atoms in total. The number of nitrogens with one attached hydrogen (secondary N) is 2. The zero-order valence-electron chi connectivity index (χ0n) is 9.93. The summed E-state index contributed by atoms with van der Waals surface area (Å²) in [6.07, 6.45) is 1.59. The van der Waals surface area contributed by atoms with E-state index in [0.29, 0.717) is 0 Å². The summed E-state index contributed by atoms with van der Waals surface area (Å²) < 4.78 is 0. The van der Waals surface area contributed by atoms with Crippen molar-refractivity contribution >= 4 is 23.6 Å². The molecule has 0 bridgehead atoms. The van der Waals surface area contributed by atoms with Crippen molar-refractivity contribution in [1.82, 2.24) is 10.6 Å². The molecular formula is C12H14N2O4. The van der Waals surface area contributed by atoms with Gasteiger partial charge in [0.25, 0.3) is 0 Å². The zero-order valence-corrected chi connectivity index (χ0v) is 9.93. The zero-order chi connectivity index (χ0) is 13.4. The van der Waals surface area contributed by atoms with Gasteiger partial charge in [0, 0.05) is 5.92 Å². The summed E-state index contributed by atoms with van der Waals surface area (Å²) in [5.74, 6) is -3.74. The van der Waals surface area contributed by atoms with Crippen molar-refractivity contribution in [2.45, 2.75) is 13.3 Å². The van der Waals surface area contributed by atoms with Gasteiger partial charge in [-0.2, -0.15) is 0 Å².